The van der Waals surface area contributed by atoms with Crippen molar-refractivity contribution in [3.63, 3.8) is 0 Å². The molecule has 1 fully saturated rings. The predicted molar refractivity (Wildman–Crippen MR) is 65.8 cm³/mol. The van der Waals surface area contributed by atoms with Gasteiger partial charge in [-0.25, -0.2) is 0 Å². The van der Waals surface area contributed by atoms with Gasteiger partial charge in [0.2, 0.25) is 0 Å². The summed E-state index contributed by atoms with van der Waals surface area (Å²) in [5, 5.41) is 0. The van der Waals surface area contributed by atoms with E-state index in [4.69, 9.17) is 5.73 Å². The van der Waals surface area contributed by atoms with Crippen molar-refractivity contribution >= 4 is 27.7 Å². The van der Waals surface area contributed by atoms with Gasteiger partial charge in [0.05, 0.1) is 0 Å². The second-order valence-electron chi connectivity index (χ2n) is 4.04. The van der Waals surface area contributed by atoms with Crippen molar-refractivity contribution in [2.45, 2.75) is 29.7 Å². The highest BCUT2D eigenvalue weighted by atomic mass is 79.9. The molecule has 0 unspecified atom stereocenters. The molecule has 1 aromatic rings. The highest BCUT2D eigenvalue weighted by Crippen LogP contribution is 2.36. The average molecular weight is 272 g/mol. The average Bonchev–Trinajstić information content (AvgIpc) is 2.82. The molecule has 0 radical (unpaired) electrons. The Kier molecular flexibility index (Phi) is 2.91. The van der Waals surface area contributed by atoms with Crippen LogP contribution in [-0.4, -0.2) is 11.8 Å². The van der Waals surface area contributed by atoms with Crippen LogP contribution in [0.5, 0.6) is 0 Å². The molecule has 0 bridgehead atoms. The molecule has 1 aromatic carbocycles. The van der Waals surface area contributed by atoms with Gasteiger partial charge in [-0.2, -0.15) is 0 Å². The van der Waals surface area contributed by atoms with E-state index in [1.165, 1.54) is 23.3 Å². The number of benzene rings is 1. The molecule has 1 nitrogen and oxygen atoms in total. The predicted octanol–water partition coefficient (Wildman–Crippen LogP) is 3.20. The Labute approximate surface area is 97.6 Å². The van der Waals surface area contributed by atoms with Gasteiger partial charge in [0.25, 0.3) is 0 Å². The van der Waals surface area contributed by atoms with Gasteiger partial charge in [-0.15, -0.1) is 11.8 Å². The second-order valence-corrected chi connectivity index (χ2v) is 5.83. The molecule has 1 aliphatic rings. The smallest absolute Gasteiger partial charge is 0.0196 e. The first-order valence-electron chi connectivity index (χ1n) is 4.74. The van der Waals surface area contributed by atoms with Crippen LogP contribution in [0.4, 0.5) is 0 Å². The van der Waals surface area contributed by atoms with Gasteiger partial charge < -0.3 is 5.73 Å². The molecule has 0 atom stereocenters. The maximum atomic E-state index is 6.10. The number of thioether (sulfide) groups is 1. The minimum absolute atomic E-state index is 0.108. The van der Waals surface area contributed by atoms with Crippen molar-refractivity contribution in [1.82, 2.24) is 0 Å². The molecule has 2 rings (SSSR count). The second kappa shape index (κ2) is 3.87. The SMILES string of the molecule is CSc1cc(Br)cc(CC2(N)CC2)c1. The van der Waals surface area contributed by atoms with Crippen LogP contribution in [0.25, 0.3) is 0 Å². The van der Waals surface area contributed by atoms with Crippen molar-refractivity contribution in [3.8, 4) is 0 Å². The monoisotopic (exact) mass is 271 g/mol. The van der Waals surface area contributed by atoms with Crippen LogP contribution in [0.2, 0.25) is 0 Å². The number of hydrogen-bond acceptors (Lipinski definition) is 2. The summed E-state index contributed by atoms with van der Waals surface area (Å²) < 4.78 is 1.16. The summed E-state index contributed by atoms with van der Waals surface area (Å²) >= 11 is 5.30. The van der Waals surface area contributed by atoms with Gasteiger partial charge in [-0.3, -0.25) is 0 Å². The summed E-state index contributed by atoms with van der Waals surface area (Å²) in [4.78, 5) is 1.30. The van der Waals surface area contributed by atoms with Crippen molar-refractivity contribution in [2.24, 2.45) is 5.73 Å². The molecule has 0 saturated heterocycles. The Morgan fingerprint density at radius 1 is 1.43 bits per heavy atom. The topological polar surface area (TPSA) is 26.0 Å². The Morgan fingerprint density at radius 3 is 2.71 bits per heavy atom. The van der Waals surface area contributed by atoms with E-state index in [2.05, 4.69) is 40.4 Å². The van der Waals surface area contributed by atoms with Gasteiger partial charge >= 0.3 is 0 Å². The normalized spacial score (nSPS) is 18.2. The van der Waals surface area contributed by atoms with Crippen molar-refractivity contribution in [2.75, 3.05) is 6.26 Å². The summed E-state index contributed by atoms with van der Waals surface area (Å²) in [6.45, 7) is 0. The Bertz CT molecular complexity index is 347. The van der Waals surface area contributed by atoms with Gasteiger partial charge in [-0.1, -0.05) is 15.9 Å². The lowest BCUT2D eigenvalue weighted by Crippen LogP contribution is -2.24. The van der Waals surface area contributed by atoms with E-state index in [0.717, 1.165) is 10.9 Å². The molecular formula is C11H14BrNS. The molecule has 14 heavy (non-hydrogen) atoms. The molecule has 1 aliphatic carbocycles. The Balaban J connectivity index is 2.20. The maximum absolute atomic E-state index is 6.10. The van der Waals surface area contributed by atoms with E-state index in [9.17, 15) is 0 Å². The standard InChI is InChI=1S/C11H14BrNS/c1-14-10-5-8(4-9(12)6-10)7-11(13)2-3-11/h4-6H,2-3,7,13H2,1H3. The number of halogens is 1. The number of hydrogen-bond donors (Lipinski definition) is 1. The van der Waals surface area contributed by atoms with E-state index >= 15 is 0 Å². The zero-order chi connectivity index (χ0) is 10.2. The minimum atomic E-state index is 0.108. The molecule has 0 heterocycles. The van der Waals surface area contributed by atoms with Crippen LogP contribution < -0.4 is 5.73 Å². The fraction of sp³-hybridized carbons (Fsp3) is 0.455. The highest BCUT2D eigenvalue weighted by Gasteiger charge is 2.37. The fourth-order valence-corrected chi connectivity index (χ4v) is 2.79. The third-order valence-electron chi connectivity index (χ3n) is 2.62. The first-order valence-corrected chi connectivity index (χ1v) is 6.75. The number of rotatable bonds is 3. The quantitative estimate of drug-likeness (QED) is 0.855. The van der Waals surface area contributed by atoms with Gasteiger partial charge in [0.15, 0.2) is 0 Å². The van der Waals surface area contributed by atoms with Gasteiger partial charge in [-0.05, 0) is 49.3 Å². The minimum Gasteiger partial charge on any atom is -0.325 e. The van der Waals surface area contributed by atoms with Crippen LogP contribution in [0.1, 0.15) is 18.4 Å². The molecule has 0 spiro atoms. The van der Waals surface area contributed by atoms with Crippen molar-refractivity contribution < 1.29 is 0 Å². The van der Waals surface area contributed by atoms with Crippen molar-refractivity contribution in [3.05, 3.63) is 28.2 Å². The van der Waals surface area contributed by atoms with E-state index in [0.29, 0.717) is 0 Å². The summed E-state index contributed by atoms with van der Waals surface area (Å²) in [5.74, 6) is 0. The third-order valence-corrected chi connectivity index (χ3v) is 3.78. The third kappa shape index (κ3) is 2.53. The van der Waals surface area contributed by atoms with Crippen LogP contribution in [-0.2, 0) is 6.42 Å². The summed E-state index contributed by atoms with van der Waals surface area (Å²) in [5.41, 5.74) is 7.56. The van der Waals surface area contributed by atoms with E-state index in [-0.39, 0.29) is 5.54 Å². The molecule has 76 valence electrons. The van der Waals surface area contributed by atoms with E-state index in [1.54, 1.807) is 11.8 Å². The van der Waals surface area contributed by atoms with Crippen LogP contribution >= 0.6 is 27.7 Å². The fourth-order valence-electron chi connectivity index (χ4n) is 1.58. The zero-order valence-corrected chi connectivity index (χ0v) is 10.6. The summed E-state index contributed by atoms with van der Waals surface area (Å²) in [6.07, 6.45) is 5.46. The van der Waals surface area contributed by atoms with E-state index < -0.39 is 0 Å². The Morgan fingerprint density at radius 2 is 2.14 bits per heavy atom. The van der Waals surface area contributed by atoms with Gasteiger partial charge in [0, 0.05) is 14.9 Å². The van der Waals surface area contributed by atoms with Crippen LogP contribution in [0.3, 0.4) is 0 Å². The molecule has 2 N–H and O–H groups in total. The molecule has 0 aliphatic heterocycles. The van der Waals surface area contributed by atoms with E-state index in [1.807, 2.05) is 0 Å². The molecular weight excluding hydrogens is 258 g/mol. The summed E-state index contributed by atoms with van der Waals surface area (Å²) in [7, 11) is 0. The first kappa shape index (κ1) is 10.5. The van der Waals surface area contributed by atoms with Gasteiger partial charge in [0.1, 0.15) is 0 Å². The van der Waals surface area contributed by atoms with Crippen LogP contribution in [0, 0.1) is 0 Å². The zero-order valence-electron chi connectivity index (χ0n) is 8.22. The number of nitrogens with two attached hydrogens (primary N) is 1. The summed E-state index contributed by atoms with van der Waals surface area (Å²) in [6, 6.07) is 6.55. The Hall–Kier alpha value is 0.01000. The highest BCUT2D eigenvalue weighted by molar-refractivity contribution is 9.10. The lowest BCUT2D eigenvalue weighted by molar-refractivity contribution is 0.671. The molecule has 1 saturated carbocycles. The maximum Gasteiger partial charge on any atom is 0.0196 e. The lowest BCUT2D eigenvalue weighted by atomic mass is 10.1. The molecule has 0 amide bonds. The van der Waals surface area contributed by atoms with Crippen molar-refractivity contribution in [1.29, 1.82) is 0 Å². The molecule has 3 heteroatoms. The first-order chi connectivity index (χ1) is 6.61. The molecule has 0 aromatic heterocycles. The van der Waals surface area contributed by atoms with Crippen LogP contribution in [0.15, 0.2) is 27.6 Å². The largest absolute Gasteiger partial charge is 0.325 e. The lowest BCUT2D eigenvalue weighted by Gasteiger charge is -2.10.